The molecule has 6 heteroatoms. The summed E-state index contributed by atoms with van der Waals surface area (Å²) in [5.74, 6) is 0.466. The highest BCUT2D eigenvalue weighted by Crippen LogP contribution is 2.29. The van der Waals surface area contributed by atoms with E-state index < -0.39 is 0 Å². The van der Waals surface area contributed by atoms with E-state index in [1.54, 1.807) is 18.2 Å². The lowest BCUT2D eigenvalue weighted by Gasteiger charge is -2.08. The van der Waals surface area contributed by atoms with Crippen LogP contribution in [0.25, 0.3) is 10.4 Å². The molecule has 0 radical (unpaired) electrons. The molecule has 6 nitrogen and oxygen atoms in total. The molecule has 1 aromatic rings. The summed E-state index contributed by atoms with van der Waals surface area (Å²) in [4.78, 5) is 14.2. The quantitative estimate of drug-likeness (QED) is 0.481. The first kappa shape index (κ1) is 12.9. The molecule has 0 aliphatic rings. The number of azide groups is 1. The molecule has 0 fully saturated rings. The first-order valence-corrected chi connectivity index (χ1v) is 5.24. The molecule has 1 aromatic carbocycles. The summed E-state index contributed by atoms with van der Waals surface area (Å²) in [7, 11) is 1.52. The van der Waals surface area contributed by atoms with Crippen LogP contribution >= 0.6 is 0 Å². The number of anilines is 1. The van der Waals surface area contributed by atoms with E-state index in [0.717, 1.165) is 6.42 Å². The van der Waals surface area contributed by atoms with Crippen molar-refractivity contribution in [2.45, 2.75) is 19.8 Å². The summed E-state index contributed by atoms with van der Waals surface area (Å²) < 4.78 is 5.01. The van der Waals surface area contributed by atoms with Crippen LogP contribution in [0.1, 0.15) is 19.8 Å². The molecule has 0 saturated carbocycles. The minimum atomic E-state index is -0.105. The first-order chi connectivity index (χ1) is 8.21. The number of benzene rings is 1. The van der Waals surface area contributed by atoms with Gasteiger partial charge in [-0.1, -0.05) is 12.0 Å². The highest BCUT2D eigenvalue weighted by Gasteiger charge is 2.06. The fourth-order valence-corrected chi connectivity index (χ4v) is 1.31. The van der Waals surface area contributed by atoms with Gasteiger partial charge in [-0.3, -0.25) is 4.79 Å². The van der Waals surface area contributed by atoms with Crippen LogP contribution in [0.15, 0.2) is 23.3 Å². The van der Waals surface area contributed by atoms with Crippen LogP contribution in [0, 0.1) is 0 Å². The monoisotopic (exact) mass is 234 g/mol. The Balaban J connectivity index is 2.97. The van der Waals surface area contributed by atoms with Crippen molar-refractivity contribution in [1.29, 1.82) is 0 Å². The molecule has 0 aliphatic heterocycles. The van der Waals surface area contributed by atoms with E-state index in [1.165, 1.54) is 7.11 Å². The Hall–Kier alpha value is -2.20. The number of hydrogen-bond donors (Lipinski definition) is 1. The third kappa shape index (κ3) is 3.70. The lowest BCUT2D eigenvalue weighted by atomic mass is 10.2. The van der Waals surface area contributed by atoms with Crippen molar-refractivity contribution in [3.63, 3.8) is 0 Å². The van der Waals surface area contributed by atoms with Crippen molar-refractivity contribution in [3.8, 4) is 5.75 Å². The highest BCUT2D eigenvalue weighted by molar-refractivity contribution is 5.93. The fourth-order valence-electron chi connectivity index (χ4n) is 1.31. The molecule has 0 aromatic heterocycles. The van der Waals surface area contributed by atoms with E-state index >= 15 is 0 Å². The van der Waals surface area contributed by atoms with E-state index in [2.05, 4.69) is 15.3 Å². The summed E-state index contributed by atoms with van der Waals surface area (Å²) in [5, 5.41) is 6.20. The van der Waals surface area contributed by atoms with Gasteiger partial charge in [0.15, 0.2) is 0 Å². The van der Waals surface area contributed by atoms with E-state index in [9.17, 15) is 4.79 Å². The van der Waals surface area contributed by atoms with Crippen LogP contribution in [-0.4, -0.2) is 13.0 Å². The largest absolute Gasteiger partial charge is 0.497 e. The standard InChI is InChI=1S/C11H14N4O2/c1-3-4-11(16)13-9-6-5-8(17-2)7-10(9)14-15-12/h5-7H,3-4H2,1-2H3,(H,13,16). The van der Waals surface area contributed by atoms with Crippen molar-refractivity contribution in [3.05, 3.63) is 28.6 Å². The lowest BCUT2D eigenvalue weighted by Crippen LogP contribution is -2.10. The number of rotatable bonds is 5. The van der Waals surface area contributed by atoms with Crippen molar-refractivity contribution >= 4 is 17.3 Å². The number of carbonyl (C=O) groups is 1. The molecule has 1 rings (SSSR count). The Kier molecular flexibility index (Phi) is 4.84. The first-order valence-electron chi connectivity index (χ1n) is 5.24. The van der Waals surface area contributed by atoms with E-state index in [0.29, 0.717) is 23.5 Å². The minimum Gasteiger partial charge on any atom is -0.497 e. The van der Waals surface area contributed by atoms with Gasteiger partial charge in [0.2, 0.25) is 5.91 Å². The zero-order chi connectivity index (χ0) is 12.7. The average Bonchev–Trinajstić information content (AvgIpc) is 2.32. The summed E-state index contributed by atoms with van der Waals surface area (Å²) in [6.07, 6.45) is 1.20. The van der Waals surface area contributed by atoms with Crippen molar-refractivity contribution in [1.82, 2.24) is 0 Å². The molecule has 17 heavy (non-hydrogen) atoms. The number of nitrogens with one attached hydrogen (secondary N) is 1. The number of nitrogens with zero attached hydrogens (tertiary/aromatic N) is 3. The summed E-state index contributed by atoms with van der Waals surface area (Å²) in [6.45, 7) is 1.92. The number of ether oxygens (including phenoxy) is 1. The van der Waals surface area contributed by atoms with Gasteiger partial charge < -0.3 is 10.1 Å². The van der Waals surface area contributed by atoms with Crippen molar-refractivity contribution < 1.29 is 9.53 Å². The molecule has 90 valence electrons. The van der Waals surface area contributed by atoms with Gasteiger partial charge in [0.25, 0.3) is 0 Å². The van der Waals surface area contributed by atoms with Crippen LogP contribution < -0.4 is 10.1 Å². The Morgan fingerprint density at radius 3 is 2.94 bits per heavy atom. The fraction of sp³-hybridized carbons (Fsp3) is 0.364. The second-order valence-electron chi connectivity index (χ2n) is 3.37. The SMILES string of the molecule is CCCC(=O)Nc1ccc(OC)cc1N=[N+]=[N-]. The van der Waals surface area contributed by atoms with E-state index in [-0.39, 0.29) is 5.91 Å². The second-order valence-corrected chi connectivity index (χ2v) is 3.37. The summed E-state index contributed by atoms with van der Waals surface area (Å²) in [5.41, 5.74) is 9.28. The normalized spacial score (nSPS) is 9.29. The minimum absolute atomic E-state index is 0.105. The molecule has 0 unspecified atom stereocenters. The van der Waals surface area contributed by atoms with Crippen LogP contribution in [0.3, 0.4) is 0 Å². The lowest BCUT2D eigenvalue weighted by molar-refractivity contribution is -0.116. The molecule has 0 heterocycles. The molecular weight excluding hydrogens is 220 g/mol. The zero-order valence-corrected chi connectivity index (χ0v) is 9.80. The smallest absolute Gasteiger partial charge is 0.224 e. The molecule has 0 atom stereocenters. The second kappa shape index (κ2) is 6.40. The predicted molar refractivity (Wildman–Crippen MR) is 65.3 cm³/mol. The van der Waals surface area contributed by atoms with Crippen molar-refractivity contribution in [2.75, 3.05) is 12.4 Å². The van der Waals surface area contributed by atoms with Gasteiger partial charge in [0.05, 0.1) is 18.5 Å². The Labute approximate surface area is 99.2 Å². The average molecular weight is 234 g/mol. The van der Waals surface area contributed by atoms with Gasteiger partial charge in [-0.2, -0.15) is 0 Å². The van der Waals surface area contributed by atoms with Gasteiger partial charge in [0.1, 0.15) is 5.75 Å². The van der Waals surface area contributed by atoms with Gasteiger partial charge in [-0.05, 0) is 30.2 Å². The van der Waals surface area contributed by atoms with Crippen LogP contribution in [-0.2, 0) is 4.79 Å². The Bertz CT molecular complexity index is 453. The zero-order valence-electron chi connectivity index (χ0n) is 9.80. The molecule has 1 amide bonds. The van der Waals surface area contributed by atoms with Crippen LogP contribution in [0.4, 0.5) is 11.4 Å². The molecular formula is C11H14N4O2. The maximum atomic E-state index is 11.4. The molecule has 0 aliphatic carbocycles. The summed E-state index contributed by atoms with van der Waals surface area (Å²) in [6, 6.07) is 4.91. The topological polar surface area (TPSA) is 87.1 Å². The third-order valence-corrected chi connectivity index (χ3v) is 2.11. The number of carbonyl (C=O) groups excluding carboxylic acids is 1. The van der Waals surface area contributed by atoms with Crippen LogP contribution in [0.5, 0.6) is 5.75 Å². The van der Waals surface area contributed by atoms with E-state index in [1.807, 2.05) is 6.92 Å². The number of amides is 1. The van der Waals surface area contributed by atoms with Crippen molar-refractivity contribution in [2.24, 2.45) is 5.11 Å². The highest BCUT2D eigenvalue weighted by atomic mass is 16.5. The molecule has 1 N–H and O–H groups in total. The molecule has 0 bridgehead atoms. The molecule has 0 spiro atoms. The maximum absolute atomic E-state index is 11.4. The van der Waals surface area contributed by atoms with Gasteiger partial charge >= 0.3 is 0 Å². The van der Waals surface area contributed by atoms with Gasteiger partial charge in [0, 0.05) is 11.3 Å². The van der Waals surface area contributed by atoms with Gasteiger partial charge in [-0.25, -0.2) is 0 Å². The van der Waals surface area contributed by atoms with E-state index in [4.69, 9.17) is 10.3 Å². The maximum Gasteiger partial charge on any atom is 0.224 e. The third-order valence-electron chi connectivity index (χ3n) is 2.11. The van der Waals surface area contributed by atoms with Crippen LogP contribution in [0.2, 0.25) is 0 Å². The Morgan fingerprint density at radius 1 is 1.59 bits per heavy atom. The summed E-state index contributed by atoms with van der Waals surface area (Å²) >= 11 is 0. The molecule has 0 saturated heterocycles. The number of methoxy groups -OCH3 is 1. The number of hydrogen-bond acceptors (Lipinski definition) is 3. The predicted octanol–water partition coefficient (Wildman–Crippen LogP) is 3.38. The Morgan fingerprint density at radius 2 is 2.35 bits per heavy atom. The van der Waals surface area contributed by atoms with Gasteiger partial charge in [-0.15, -0.1) is 0 Å².